The lowest BCUT2D eigenvalue weighted by atomic mass is 9.87. The van der Waals surface area contributed by atoms with Gasteiger partial charge in [0.1, 0.15) is 0 Å². The van der Waals surface area contributed by atoms with Gasteiger partial charge in [0.2, 0.25) is 0 Å². The third-order valence-electron chi connectivity index (χ3n) is 4.37. The van der Waals surface area contributed by atoms with Crippen LogP contribution in [-0.4, -0.2) is 30.1 Å². The van der Waals surface area contributed by atoms with Crippen molar-refractivity contribution >= 4 is 0 Å². The van der Waals surface area contributed by atoms with Gasteiger partial charge in [0.25, 0.3) is 0 Å². The molecule has 16 heavy (non-hydrogen) atoms. The summed E-state index contributed by atoms with van der Waals surface area (Å²) in [6.07, 6.45) is 7.97. The van der Waals surface area contributed by atoms with Gasteiger partial charge in [-0.3, -0.25) is 4.90 Å². The number of nitrogens with zero attached hydrogens (tertiary/aromatic N) is 1. The Labute approximate surface area is 102 Å². The molecule has 0 saturated heterocycles. The van der Waals surface area contributed by atoms with Gasteiger partial charge in [-0.2, -0.15) is 0 Å². The minimum atomic E-state index is 0.315. The molecular weight excluding hydrogens is 196 g/mol. The van der Waals surface area contributed by atoms with E-state index >= 15 is 0 Å². The van der Waals surface area contributed by atoms with Crippen molar-refractivity contribution in [1.29, 1.82) is 0 Å². The summed E-state index contributed by atoms with van der Waals surface area (Å²) in [5, 5.41) is 0. The van der Waals surface area contributed by atoms with E-state index in [4.69, 9.17) is 5.73 Å². The van der Waals surface area contributed by atoms with E-state index in [2.05, 4.69) is 25.7 Å². The molecule has 0 radical (unpaired) electrons. The van der Waals surface area contributed by atoms with Crippen LogP contribution in [0.25, 0.3) is 0 Å². The van der Waals surface area contributed by atoms with Crippen LogP contribution >= 0.6 is 0 Å². The third kappa shape index (κ3) is 3.21. The van der Waals surface area contributed by atoms with E-state index in [9.17, 15) is 0 Å². The Morgan fingerprint density at radius 2 is 2.00 bits per heavy atom. The van der Waals surface area contributed by atoms with Gasteiger partial charge in [-0.1, -0.05) is 33.6 Å². The molecule has 1 fully saturated rings. The second kappa shape index (κ2) is 6.61. The summed E-state index contributed by atoms with van der Waals surface area (Å²) >= 11 is 0. The molecule has 1 rings (SSSR count). The average molecular weight is 226 g/mol. The fourth-order valence-corrected chi connectivity index (χ4v) is 3.21. The van der Waals surface area contributed by atoms with Crippen LogP contribution in [0.1, 0.15) is 59.3 Å². The summed E-state index contributed by atoms with van der Waals surface area (Å²) in [6, 6.07) is 0. The SMILES string of the molecule is CCCN(CC)C1(CN)CCCC(C)CC1. The summed E-state index contributed by atoms with van der Waals surface area (Å²) in [5.41, 5.74) is 6.43. The lowest BCUT2D eigenvalue weighted by Gasteiger charge is -2.43. The van der Waals surface area contributed by atoms with E-state index in [-0.39, 0.29) is 0 Å². The molecule has 2 atom stereocenters. The summed E-state index contributed by atoms with van der Waals surface area (Å²) in [7, 11) is 0. The molecule has 0 aromatic carbocycles. The Kier molecular flexibility index (Phi) is 5.77. The molecule has 0 amide bonds. The first-order valence-electron chi connectivity index (χ1n) is 7.13. The highest BCUT2D eigenvalue weighted by molar-refractivity contribution is 4.93. The lowest BCUT2D eigenvalue weighted by molar-refractivity contribution is 0.0826. The van der Waals surface area contributed by atoms with Gasteiger partial charge in [-0.25, -0.2) is 0 Å². The predicted octanol–water partition coefficient (Wildman–Crippen LogP) is 3.02. The number of likely N-dealkylation sites (N-methyl/N-ethyl adjacent to an activating group) is 1. The molecule has 0 bridgehead atoms. The first kappa shape index (κ1) is 14.0. The Bertz CT molecular complexity index is 193. The lowest BCUT2D eigenvalue weighted by Crippen LogP contribution is -2.53. The topological polar surface area (TPSA) is 29.3 Å². The molecule has 0 aromatic heterocycles. The van der Waals surface area contributed by atoms with E-state index in [0.29, 0.717) is 5.54 Å². The predicted molar refractivity (Wildman–Crippen MR) is 71.6 cm³/mol. The van der Waals surface area contributed by atoms with Crippen molar-refractivity contribution in [3.63, 3.8) is 0 Å². The largest absolute Gasteiger partial charge is 0.329 e. The van der Waals surface area contributed by atoms with Crippen molar-refractivity contribution in [1.82, 2.24) is 4.90 Å². The van der Waals surface area contributed by atoms with Crippen LogP contribution in [0.5, 0.6) is 0 Å². The van der Waals surface area contributed by atoms with Gasteiger partial charge in [0, 0.05) is 12.1 Å². The van der Waals surface area contributed by atoms with Gasteiger partial charge >= 0.3 is 0 Å². The fourth-order valence-electron chi connectivity index (χ4n) is 3.21. The van der Waals surface area contributed by atoms with Crippen molar-refractivity contribution in [2.24, 2.45) is 11.7 Å². The molecular formula is C14H30N2. The quantitative estimate of drug-likeness (QED) is 0.730. The molecule has 2 nitrogen and oxygen atoms in total. The molecule has 0 heterocycles. The van der Waals surface area contributed by atoms with Gasteiger partial charge in [-0.05, 0) is 44.7 Å². The maximum atomic E-state index is 6.12. The fraction of sp³-hybridized carbons (Fsp3) is 1.00. The van der Waals surface area contributed by atoms with E-state index in [1.165, 1.54) is 45.1 Å². The third-order valence-corrected chi connectivity index (χ3v) is 4.37. The Morgan fingerprint density at radius 1 is 1.25 bits per heavy atom. The van der Waals surface area contributed by atoms with Gasteiger partial charge in [0.15, 0.2) is 0 Å². The molecule has 2 heteroatoms. The van der Waals surface area contributed by atoms with Gasteiger partial charge in [-0.15, -0.1) is 0 Å². The Hall–Kier alpha value is -0.0800. The second-order valence-electron chi connectivity index (χ2n) is 5.54. The summed E-state index contributed by atoms with van der Waals surface area (Å²) in [6.45, 7) is 10.1. The zero-order valence-corrected chi connectivity index (χ0v) is 11.5. The highest BCUT2D eigenvalue weighted by atomic mass is 15.2. The summed E-state index contributed by atoms with van der Waals surface area (Å²) in [5.74, 6) is 0.897. The average Bonchev–Trinajstić information content (AvgIpc) is 2.49. The van der Waals surface area contributed by atoms with Crippen molar-refractivity contribution in [2.75, 3.05) is 19.6 Å². The van der Waals surface area contributed by atoms with Crippen molar-refractivity contribution in [3.8, 4) is 0 Å². The van der Waals surface area contributed by atoms with E-state index in [1.54, 1.807) is 0 Å². The number of rotatable bonds is 5. The van der Waals surface area contributed by atoms with Crippen LogP contribution in [0, 0.1) is 5.92 Å². The smallest absolute Gasteiger partial charge is 0.0331 e. The maximum absolute atomic E-state index is 6.12. The monoisotopic (exact) mass is 226 g/mol. The molecule has 0 aromatic rings. The van der Waals surface area contributed by atoms with Crippen LogP contribution in [0.15, 0.2) is 0 Å². The maximum Gasteiger partial charge on any atom is 0.0331 e. The summed E-state index contributed by atoms with van der Waals surface area (Å²) < 4.78 is 0. The molecule has 1 aliphatic carbocycles. The van der Waals surface area contributed by atoms with Crippen LogP contribution in [-0.2, 0) is 0 Å². The van der Waals surface area contributed by atoms with Crippen molar-refractivity contribution < 1.29 is 0 Å². The molecule has 0 spiro atoms. The van der Waals surface area contributed by atoms with Crippen molar-refractivity contribution in [3.05, 3.63) is 0 Å². The Balaban J connectivity index is 2.72. The first-order chi connectivity index (χ1) is 7.68. The summed E-state index contributed by atoms with van der Waals surface area (Å²) in [4.78, 5) is 2.64. The van der Waals surface area contributed by atoms with Crippen LogP contribution < -0.4 is 5.73 Å². The molecule has 2 N–H and O–H groups in total. The first-order valence-corrected chi connectivity index (χ1v) is 7.13. The van der Waals surface area contributed by atoms with Crippen molar-refractivity contribution in [2.45, 2.75) is 64.8 Å². The number of hydrogen-bond donors (Lipinski definition) is 1. The minimum Gasteiger partial charge on any atom is -0.329 e. The van der Waals surface area contributed by atoms with Gasteiger partial charge < -0.3 is 5.73 Å². The normalized spacial score (nSPS) is 31.7. The zero-order chi connectivity index (χ0) is 12.0. The molecule has 0 aliphatic heterocycles. The van der Waals surface area contributed by atoms with Crippen LogP contribution in [0.4, 0.5) is 0 Å². The Morgan fingerprint density at radius 3 is 2.56 bits per heavy atom. The minimum absolute atomic E-state index is 0.315. The molecule has 1 aliphatic rings. The molecule has 96 valence electrons. The van der Waals surface area contributed by atoms with Gasteiger partial charge in [0.05, 0.1) is 0 Å². The van der Waals surface area contributed by atoms with E-state index in [1.807, 2.05) is 0 Å². The second-order valence-corrected chi connectivity index (χ2v) is 5.54. The highest BCUT2D eigenvalue weighted by Gasteiger charge is 2.35. The highest BCUT2D eigenvalue weighted by Crippen LogP contribution is 2.34. The van der Waals surface area contributed by atoms with Crippen LogP contribution in [0.2, 0.25) is 0 Å². The zero-order valence-electron chi connectivity index (χ0n) is 11.5. The molecule has 2 unspecified atom stereocenters. The molecule has 1 saturated carbocycles. The van der Waals surface area contributed by atoms with E-state index < -0.39 is 0 Å². The van der Waals surface area contributed by atoms with Crippen LogP contribution in [0.3, 0.4) is 0 Å². The number of hydrogen-bond acceptors (Lipinski definition) is 2. The van der Waals surface area contributed by atoms with E-state index in [0.717, 1.165) is 19.0 Å². The number of nitrogens with two attached hydrogens (primary N) is 1. The standard InChI is InChI=1S/C14H30N2/c1-4-11-16(5-2)14(12-15)9-6-7-13(3)8-10-14/h13H,4-12,15H2,1-3H3.